The summed E-state index contributed by atoms with van der Waals surface area (Å²) in [6.45, 7) is 7.28. The van der Waals surface area contributed by atoms with E-state index in [0.29, 0.717) is 5.92 Å². The number of hydrogen-bond acceptors (Lipinski definition) is 2. The van der Waals surface area contributed by atoms with E-state index in [2.05, 4.69) is 93.6 Å². The summed E-state index contributed by atoms with van der Waals surface area (Å²) in [7, 11) is -0.976. The summed E-state index contributed by atoms with van der Waals surface area (Å²) in [6.07, 6.45) is 5.63. The van der Waals surface area contributed by atoms with Crippen molar-refractivity contribution < 1.29 is 4.52 Å². The van der Waals surface area contributed by atoms with E-state index in [1.54, 1.807) is 0 Å². The smallest absolute Gasteiger partial charge is 0.126 e. The minimum Gasteiger partial charge on any atom is -0.336 e. The molecule has 5 rings (SSSR count). The molecule has 0 radical (unpaired) electrons. The van der Waals surface area contributed by atoms with Gasteiger partial charge in [-0.05, 0) is 37.3 Å². The van der Waals surface area contributed by atoms with Crippen molar-refractivity contribution in [3.05, 3.63) is 90.8 Å². The fourth-order valence-electron chi connectivity index (χ4n) is 6.24. The number of rotatable bonds is 5. The van der Waals surface area contributed by atoms with Gasteiger partial charge in [0.1, 0.15) is 5.60 Å². The molecule has 0 aliphatic heterocycles. The summed E-state index contributed by atoms with van der Waals surface area (Å²) < 4.78 is 7.51. The van der Waals surface area contributed by atoms with E-state index in [-0.39, 0.29) is 10.8 Å². The van der Waals surface area contributed by atoms with E-state index < -0.39 is 13.7 Å². The summed E-state index contributed by atoms with van der Waals surface area (Å²) in [5.74, 6) is 0.660. The minimum absolute atomic E-state index is 0.0124. The van der Waals surface area contributed by atoms with Crippen molar-refractivity contribution in [1.82, 2.24) is 4.98 Å². The van der Waals surface area contributed by atoms with Crippen LogP contribution in [-0.2, 0) is 10.1 Å². The fraction of sp³-hybridized carbons (Fsp3) is 0.370. The van der Waals surface area contributed by atoms with Crippen LogP contribution in [0.5, 0.6) is 0 Å². The lowest BCUT2D eigenvalue weighted by molar-refractivity contribution is -0.124. The van der Waals surface area contributed by atoms with Gasteiger partial charge in [-0.3, -0.25) is 4.98 Å². The number of aromatic nitrogens is 1. The molecule has 2 saturated carbocycles. The number of fused-ring (bicyclic) bond motifs is 2. The molecular formula is C27H30NOP. The second-order valence-electron chi connectivity index (χ2n) is 9.67. The molecule has 3 atom stereocenters. The van der Waals surface area contributed by atoms with Crippen LogP contribution in [0.15, 0.2) is 85.1 Å². The van der Waals surface area contributed by atoms with Crippen molar-refractivity contribution in [2.75, 3.05) is 0 Å². The van der Waals surface area contributed by atoms with Crippen LogP contribution in [0.1, 0.15) is 45.7 Å². The second kappa shape index (κ2) is 7.29. The lowest BCUT2D eigenvalue weighted by atomic mass is 9.59. The highest BCUT2D eigenvalue weighted by molar-refractivity contribution is 7.68. The third kappa shape index (κ3) is 2.81. The molecule has 2 fully saturated rings. The van der Waals surface area contributed by atoms with Gasteiger partial charge in [0.2, 0.25) is 0 Å². The van der Waals surface area contributed by atoms with Crippen LogP contribution in [0.25, 0.3) is 0 Å². The Kier molecular flexibility index (Phi) is 4.84. The molecule has 1 heterocycles. The lowest BCUT2D eigenvalue weighted by Crippen LogP contribution is -2.53. The van der Waals surface area contributed by atoms with Crippen LogP contribution < -0.4 is 10.6 Å². The second-order valence-corrected chi connectivity index (χ2v) is 11.5. The van der Waals surface area contributed by atoms with Crippen LogP contribution in [0.4, 0.5) is 0 Å². The maximum atomic E-state index is 7.51. The van der Waals surface area contributed by atoms with Crippen molar-refractivity contribution in [2.45, 2.75) is 45.6 Å². The van der Waals surface area contributed by atoms with Crippen LogP contribution in [0.2, 0.25) is 0 Å². The third-order valence-electron chi connectivity index (χ3n) is 7.75. The van der Waals surface area contributed by atoms with Gasteiger partial charge in [0.15, 0.2) is 0 Å². The van der Waals surface area contributed by atoms with Gasteiger partial charge in [-0.25, -0.2) is 0 Å². The molecule has 0 unspecified atom stereocenters. The molecule has 2 aliphatic carbocycles. The van der Waals surface area contributed by atoms with Crippen LogP contribution in [-0.4, -0.2) is 4.98 Å². The van der Waals surface area contributed by atoms with Crippen LogP contribution in [0, 0.1) is 16.7 Å². The highest BCUT2D eigenvalue weighted by atomic mass is 31.1. The molecule has 30 heavy (non-hydrogen) atoms. The number of nitrogens with zero attached hydrogens (tertiary/aromatic N) is 1. The molecule has 3 aromatic rings. The number of hydrogen-bond donors (Lipinski definition) is 0. The molecule has 2 aromatic carbocycles. The highest BCUT2D eigenvalue weighted by Gasteiger charge is 2.72. The quantitative estimate of drug-likeness (QED) is 0.464. The first-order valence-electron chi connectivity index (χ1n) is 11.0. The maximum Gasteiger partial charge on any atom is 0.126 e. The molecular weight excluding hydrogens is 385 g/mol. The Morgan fingerprint density at radius 3 is 1.93 bits per heavy atom. The zero-order valence-electron chi connectivity index (χ0n) is 18.1. The molecule has 2 nitrogen and oxygen atoms in total. The average Bonchev–Trinajstić information content (AvgIpc) is 3.26. The van der Waals surface area contributed by atoms with Crippen LogP contribution >= 0.6 is 8.15 Å². The van der Waals surface area contributed by atoms with E-state index in [1.165, 1.54) is 29.9 Å². The fourth-order valence-corrected chi connectivity index (χ4v) is 8.46. The molecule has 0 amide bonds. The summed E-state index contributed by atoms with van der Waals surface area (Å²) >= 11 is 0. The van der Waals surface area contributed by atoms with Gasteiger partial charge in [-0.1, -0.05) is 87.5 Å². The van der Waals surface area contributed by atoms with Crippen molar-refractivity contribution in [2.24, 2.45) is 16.7 Å². The van der Waals surface area contributed by atoms with Gasteiger partial charge in [0, 0.05) is 27.6 Å². The van der Waals surface area contributed by atoms with Gasteiger partial charge in [-0.15, -0.1) is 0 Å². The SMILES string of the molecule is CC1(C)[C@H]2CC[C@](C)(C2)[C@]1(OP(c1ccccc1)c1ccccc1)c1ccccn1. The van der Waals surface area contributed by atoms with E-state index in [4.69, 9.17) is 9.51 Å². The van der Waals surface area contributed by atoms with Crippen molar-refractivity contribution in [3.63, 3.8) is 0 Å². The Hall–Kier alpha value is -2.02. The van der Waals surface area contributed by atoms with Gasteiger partial charge in [-0.2, -0.15) is 0 Å². The third-order valence-corrected chi connectivity index (χ3v) is 9.75. The highest BCUT2D eigenvalue weighted by Crippen LogP contribution is 2.75. The first-order valence-corrected chi connectivity index (χ1v) is 12.2. The van der Waals surface area contributed by atoms with Gasteiger partial charge >= 0.3 is 0 Å². The molecule has 2 aliphatic rings. The van der Waals surface area contributed by atoms with Gasteiger partial charge in [0.05, 0.1) is 13.8 Å². The molecule has 3 heteroatoms. The zero-order chi connectivity index (χ0) is 20.8. The molecule has 0 spiro atoms. The largest absolute Gasteiger partial charge is 0.336 e. The minimum atomic E-state index is -0.976. The van der Waals surface area contributed by atoms with E-state index in [1.807, 2.05) is 12.3 Å². The van der Waals surface area contributed by atoms with E-state index in [0.717, 1.165) is 5.69 Å². The Bertz CT molecular complexity index is 961. The van der Waals surface area contributed by atoms with E-state index >= 15 is 0 Å². The van der Waals surface area contributed by atoms with E-state index in [9.17, 15) is 0 Å². The monoisotopic (exact) mass is 415 g/mol. The van der Waals surface area contributed by atoms with Crippen molar-refractivity contribution in [1.29, 1.82) is 0 Å². The molecule has 1 aromatic heterocycles. The summed E-state index contributed by atoms with van der Waals surface area (Å²) in [5, 5.41) is 2.52. The zero-order valence-corrected chi connectivity index (χ0v) is 19.0. The first kappa shape index (κ1) is 19.9. The average molecular weight is 416 g/mol. The predicted octanol–water partition coefficient (Wildman–Crippen LogP) is 6.19. The Balaban J connectivity index is 1.71. The Labute approximate surface area is 181 Å². The molecule has 154 valence electrons. The standard InChI is InChI=1S/C27H30NOP/c1-25(2)21-17-18-26(3,20-21)27(25,24-16-10-11-19-28-24)29-30(22-12-6-4-7-13-22)23-14-8-5-9-15-23/h4-16,19,21H,17-18,20H2,1-3H3/t21-,26+,27-/m0/s1. The number of pyridine rings is 1. The normalized spacial score (nSPS) is 29.4. The Morgan fingerprint density at radius 1 is 0.833 bits per heavy atom. The molecule has 0 N–H and O–H groups in total. The maximum absolute atomic E-state index is 7.51. The summed E-state index contributed by atoms with van der Waals surface area (Å²) in [5.41, 5.74) is 0.777. The van der Waals surface area contributed by atoms with Gasteiger partial charge in [0.25, 0.3) is 0 Å². The van der Waals surface area contributed by atoms with Crippen LogP contribution in [0.3, 0.4) is 0 Å². The summed E-state index contributed by atoms with van der Waals surface area (Å²) in [4.78, 5) is 4.92. The lowest BCUT2D eigenvalue weighted by Gasteiger charge is -2.54. The van der Waals surface area contributed by atoms with Crippen molar-refractivity contribution >= 4 is 18.8 Å². The topological polar surface area (TPSA) is 22.1 Å². The molecule has 0 saturated heterocycles. The van der Waals surface area contributed by atoms with Gasteiger partial charge < -0.3 is 4.52 Å². The predicted molar refractivity (Wildman–Crippen MR) is 125 cm³/mol. The first-order chi connectivity index (χ1) is 14.5. The molecule has 2 bridgehead atoms. The van der Waals surface area contributed by atoms with Crippen molar-refractivity contribution in [3.8, 4) is 0 Å². The summed E-state index contributed by atoms with van der Waals surface area (Å²) in [6, 6.07) is 27.8. The Morgan fingerprint density at radius 2 is 1.43 bits per heavy atom. The number of benzene rings is 2.